The smallest absolute Gasteiger partial charge is 0.265 e. The van der Waals surface area contributed by atoms with Crippen LogP contribution in [0.5, 0.6) is 5.75 Å². The minimum absolute atomic E-state index is 0.0478. The van der Waals surface area contributed by atoms with Gasteiger partial charge in [0, 0.05) is 24.2 Å². The molecule has 7 nitrogen and oxygen atoms in total. The lowest BCUT2D eigenvalue weighted by atomic mass is 10.1. The van der Waals surface area contributed by atoms with Gasteiger partial charge in [-0.05, 0) is 75.0 Å². The lowest BCUT2D eigenvalue weighted by Crippen LogP contribution is -2.54. The number of carbonyl (C=O) groups excluding carboxylic acids is 2. The van der Waals surface area contributed by atoms with Crippen LogP contribution in [0, 0.1) is 13.8 Å². The normalized spacial score (nSPS) is 15.7. The van der Waals surface area contributed by atoms with Gasteiger partial charge in [0.25, 0.3) is 11.8 Å². The van der Waals surface area contributed by atoms with Crippen LogP contribution >= 0.6 is 12.2 Å². The number of nitrogens with zero attached hydrogens (tertiary/aromatic N) is 2. The van der Waals surface area contributed by atoms with Crippen LogP contribution in [0.1, 0.15) is 23.9 Å². The molecular weight excluding hydrogens is 402 g/mol. The molecule has 3 rings (SSSR count). The van der Waals surface area contributed by atoms with E-state index < -0.39 is 11.8 Å². The van der Waals surface area contributed by atoms with Gasteiger partial charge in [-0.3, -0.25) is 19.8 Å². The van der Waals surface area contributed by atoms with Crippen LogP contribution in [0.4, 0.5) is 0 Å². The first-order valence-corrected chi connectivity index (χ1v) is 10.1. The molecule has 2 amide bonds. The van der Waals surface area contributed by atoms with Gasteiger partial charge in [-0.25, -0.2) is 0 Å². The van der Waals surface area contributed by atoms with Gasteiger partial charge in [0.05, 0.1) is 19.8 Å². The number of methoxy groups -OCH3 is 1. The Morgan fingerprint density at radius 3 is 2.50 bits per heavy atom. The largest absolute Gasteiger partial charge is 0.494 e. The molecule has 8 heteroatoms. The Balaban J connectivity index is 1.95. The van der Waals surface area contributed by atoms with Gasteiger partial charge in [-0.2, -0.15) is 0 Å². The number of aryl methyl sites for hydroxylation is 1. The molecule has 2 heterocycles. The topological polar surface area (TPSA) is 72.8 Å². The molecule has 0 spiro atoms. The summed E-state index contributed by atoms with van der Waals surface area (Å²) in [6.07, 6.45) is 1.62. The molecule has 1 aliphatic rings. The molecule has 0 saturated carbocycles. The van der Waals surface area contributed by atoms with Crippen LogP contribution < -0.4 is 10.1 Å². The number of benzene rings is 1. The maximum Gasteiger partial charge on any atom is 0.265 e. The third-order valence-electron chi connectivity index (χ3n) is 4.88. The van der Waals surface area contributed by atoms with E-state index in [-0.39, 0.29) is 17.2 Å². The zero-order valence-corrected chi connectivity index (χ0v) is 18.3. The molecule has 0 bridgehead atoms. The molecule has 0 unspecified atom stereocenters. The summed E-state index contributed by atoms with van der Waals surface area (Å²) in [6, 6.07) is 9.74. The average molecular weight is 428 g/mol. The van der Waals surface area contributed by atoms with Crippen LogP contribution in [0.25, 0.3) is 11.8 Å². The highest BCUT2D eigenvalue weighted by molar-refractivity contribution is 7.80. The zero-order chi connectivity index (χ0) is 21.8. The Kier molecular flexibility index (Phi) is 6.69. The summed E-state index contributed by atoms with van der Waals surface area (Å²) in [5.74, 6) is -0.112. The SMILES string of the molecule is CCOc1ccc(-n2c(C)cc(/C=C3/C(=O)NC(=S)N(CCOC)C3=O)c2C)cc1. The molecular formula is C22H25N3O4S. The monoisotopic (exact) mass is 427 g/mol. The summed E-state index contributed by atoms with van der Waals surface area (Å²) < 4.78 is 12.6. The van der Waals surface area contributed by atoms with Gasteiger partial charge in [0.1, 0.15) is 11.3 Å². The van der Waals surface area contributed by atoms with E-state index in [9.17, 15) is 9.59 Å². The van der Waals surface area contributed by atoms with Crippen molar-refractivity contribution in [1.82, 2.24) is 14.8 Å². The number of aromatic nitrogens is 1. The maximum absolute atomic E-state index is 12.9. The highest BCUT2D eigenvalue weighted by Crippen LogP contribution is 2.25. The number of carbonyl (C=O) groups is 2. The molecule has 2 aromatic rings. The van der Waals surface area contributed by atoms with Crippen molar-refractivity contribution in [3.05, 3.63) is 52.9 Å². The first-order chi connectivity index (χ1) is 14.4. The van der Waals surface area contributed by atoms with Crippen LogP contribution in [0.15, 0.2) is 35.9 Å². The number of hydrogen-bond donors (Lipinski definition) is 1. The van der Waals surface area contributed by atoms with Gasteiger partial charge in [-0.1, -0.05) is 0 Å². The predicted molar refractivity (Wildman–Crippen MR) is 119 cm³/mol. The van der Waals surface area contributed by atoms with Crippen molar-refractivity contribution in [2.75, 3.05) is 26.9 Å². The standard InChI is InChI=1S/C22H25N3O4S/c1-5-29-18-8-6-17(7-9-18)25-14(2)12-16(15(25)3)13-19-20(26)23-22(30)24(21(19)27)10-11-28-4/h6-9,12-13H,5,10-11H2,1-4H3,(H,23,26,30)/b19-13-. The van der Waals surface area contributed by atoms with E-state index in [2.05, 4.69) is 9.88 Å². The second kappa shape index (κ2) is 9.23. The Hall–Kier alpha value is -2.97. The van der Waals surface area contributed by atoms with E-state index >= 15 is 0 Å². The van der Waals surface area contributed by atoms with E-state index in [0.717, 1.165) is 28.4 Å². The summed E-state index contributed by atoms with van der Waals surface area (Å²) >= 11 is 5.13. The number of hydrogen-bond acceptors (Lipinski definition) is 5. The lowest BCUT2D eigenvalue weighted by molar-refractivity contribution is -0.129. The third kappa shape index (κ3) is 4.29. The molecule has 1 saturated heterocycles. The van der Waals surface area contributed by atoms with Gasteiger partial charge in [-0.15, -0.1) is 0 Å². The van der Waals surface area contributed by atoms with E-state index in [1.54, 1.807) is 13.2 Å². The summed E-state index contributed by atoms with van der Waals surface area (Å²) in [5.41, 5.74) is 3.71. The molecule has 1 N–H and O–H groups in total. The summed E-state index contributed by atoms with van der Waals surface area (Å²) in [5, 5.41) is 2.68. The van der Waals surface area contributed by atoms with Gasteiger partial charge < -0.3 is 14.0 Å². The molecule has 0 aliphatic carbocycles. The number of nitrogens with one attached hydrogen (secondary N) is 1. The first-order valence-electron chi connectivity index (χ1n) is 9.67. The second-order valence-electron chi connectivity index (χ2n) is 6.86. The van der Waals surface area contributed by atoms with Crippen LogP contribution in [0.2, 0.25) is 0 Å². The van der Waals surface area contributed by atoms with Gasteiger partial charge in [0.2, 0.25) is 0 Å². The van der Waals surface area contributed by atoms with E-state index in [0.29, 0.717) is 13.2 Å². The molecule has 0 atom stereocenters. The highest BCUT2D eigenvalue weighted by atomic mass is 32.1. The molecule has 1 aromatic carbocycles. The van der Waals surface area contributed by atoms with Gasteiger partial charge >= 0.3 is 0 Å². The molecule has 1 aliphatic heterocycles. The maximum atomic E-state index is 12.9. The number of amides is 2. The molecule has 0 radical (unpaired) electrons. The fourth-order valence-electron chi connectivity index (χ4n) is 3.42. The van der Waals surface area contributed by atoms with Crippen molar-refractivity contribution < 1.29 is 19.1 Å². The van der Waals surface area contributed by atoms with Crippen molar-refractivity contribution in [1.29, 1.82) is 0 Å². The Morgan fingerprint density at radius 1 is 1.17 bits per heavy atom. The van der Waals surface area contributed by atoms with Crippen molar-refractivity contribution >= 4 is 35.2 Å². The molecule has 158 valence electrons. The van der Waals surface area contributed by atoms with Crippen LogP contribution in [-0.4, -0.2) is 53.3 Å². The lowest BCUT2D eigenvalue weighted by Gasteiger charge is -2.28. The molecule has 1 aromatic heterocycles. The van der Waals surface area contributed by atoms with Crippen LogP contribution in [0.3, 0.4) is 0 Å². The molecule has 1 fully saturated rings. The minimum Gasteiger partial charge on any atom is -0.494 e. The van der Waals surface area contributed by atoms with E-state index in [1.807, 2.05) is 51.1 Å². The number of ether oxygens (including phenoxy) is 2. The quantitative estimate of drug-likeness (QED) is 0.418. The van der Waals surface area contributed by atoms with Crippen molar-refractivity contribution in [2.24, 2.45) is 0 Å². The number of thiocarbonyl (C=S) groups is 1. The van der Waals surface area contributed by atoms with Crippen molar-refractivity contribution in [3.8, 4) is 11.4 Å². The van der Waals surface area contributed by atoms with E-state index in [4.69, 9.17) is 21.7 Å². The first kappa shape index (κ1) is 21.7. The summed E-state index contributed by atoms with van der Waals surface area (Å²) in [4.78, 5) is 26.7. The Morgan fingerprint density at radius 2 is 1.87 bits per heavy atom. The minimum atomic E-state index is -0.496. The molecule has 30 heavy (non-hydrogen) atoms. The summed E-state index contributed by atoms with van der Waals surface area (Å²) in [6.45, 7) is 7.08. The Bertz CT molecular complexity index is 1010. The fraction of sp³-hybridized carbons (Fsp3) is 0.318. The van der Waals surface area contributed by atoms with Crippen LogP contribution in [-0.2, 0) is 14.3 Å². The van der Waals surface area contributed by atoms with Gasteiger partial charge in [0.15, 0.2) is 5.11 Å². The second-order valence-corrected chi connectivity index (χ2v) is 7.24. The fourth-order valence-corrected chi connectivity index (χ4v) is 3.69. The summed E-state index contributed by atoms with van der Waals surface area (Å²) in [7, 11) is 1.54. The third-order valence-corrected chi connectivity index (χ3v) is 5.20. The van der Waals surface area contributed by atoms with E-state index in [1.165, 1.54) is 4.90 Å². The predicted octanol–water partition coefficient (Wildman–Crippen LogP) is 2.77. The zero-order valence-electron chi connectivity index (χ0n) is 17.5. The van der Waals surface area contributed by atoms with Crippen molar-refractivity contribution in [2.45, 2.75) is 20.8 Å². The van der Waals surface area contributed by atoms with Crippen molar-refractivity contribution in [3.63, 3.8) is 0 Å². The number of rotatable bonds is 7. The Labute approximate surface area is 181 Å². The highest BCUT2D eigenvalue weighted by Gasteiger charge is 2.33. The average Bonchev–Trinajstić information content (AvgIpc) is 2.99.